The van der Waals surface area contributed by atoms with Crippen molar-refractivity contribution < 1.29 is 28.5 Å². The number of fused-ring (bicyclic) bond motifs is 1. The number of hydrogen-bond acceptors (Lipinski definition) is 9. The lowest BCUT2D eigenvalue weighted by Gasteiger charge is -2.20. The number of para-hydroxylation sites is 1. The fraction of sp³-hybridized carbons (Fsp3) is 0.212. The summed E-state index contributed by atoms with van der Waals surface area (Å²) >= 11 is 1.21. The first-order chi connectivity index (χ1) is 21.5. The zero-order chi connectivity index (χ0) is 30.9. The van der Waals surface area contributed by atoms with Crippen molar-refractivity contribution in [2.75, 3.05) is 33.5 Å². The molecular weight excluding hydrogens is 580 g/mol. The number of allylic oxidation sites excluding steroid dienone is 1. The highest BCUT2D eigenvalue weighted by molar-refractivity contribution is 8.27. The zero-order valence-electron chi connectivity index (χ0n) is 24.4. The van der Waals surface area contributed by atoms with Gasteiger partial charge in [0.25, 0.3) is 5.91 Å². The smallest absolute Gasteiger partial charge is 0.283 e. The topological polar surface area (TPSA) is 115 Å². The average Bonchev–Trinajstić information content (AvgIpc) is 3.45. The Morgan fingerprint density at radius 3 is 2.41 bits per heavy atom. The van der Waals surface area contributed by atoms with Crippen LogP contribution in [0.3, 0.4) is 0 Å². The van der Waals surface area contributed by atoms with Gasteiger partial charge in [-0.1, -0.05) is 36.4 Å². The molecule has 0 aliphatic carbocycles. The maximum Gasteiger partial charge on any atom is 0.283 e. The van der Waals surface area contributed by atoms with E-state index in [-0.39, 0.29) is 31.2 Å². The molecule has 0 fully saturated rings. The van der Waals surface area contributed by atoms with E-state index in [2.05, 4.69) is 16.7 Å². The van der Waals surface area contributed by atoms with Crippen LogP contribution in [0, 0.1) is 5.41 Å². The quantitative estimate of drug-likeness (QED) is 0.134. The standard InChI is InChI=1S/C33H32N4O6S/c1-4-9-22-12-14-26(28(19-22)39-3)41-16-17-42-27-15-13-23(20-29(27)40-5-2)18-25-31(34)37-33(35-32(25)38)44-30(36-37)21-43-24-10-7-6-8-11-24/h4,6-8,10-15,18-20,34H,1,5,9,16-17,21H2,2-3H3/b25-18-,34-31?. The molecule has 11 heteroatoms. The Kier molecular flexibility index (Phi) is 9.98. The van der Waals surface area contributed by atoms with E-state index in [1.165, 1.54) is 16.8 Å². The predicted molar refractivity (Wildman–Crippen MR) is 172 cm³/mol. The molecule has 10 nitrogen and oxygen atoms in total. The molecule has 226 valence electrons. The van der Waals surface area contributed by atoms with Gasteiger partial charge in [-0.3, -0.25) is 10.2 Å². The minimum absolute atomic E-state index is 0.0643. The number of methoxy groups -OCH3 is 1. The molecule has 0 spiro atoms. The highest BCUT2D eigenvalue weighted by Crippen LogP contribution is 2.33. The number of benzene rings is 3. The molecule has 2 aliphatic rings. The second kappa shape index (κ2) is 14.4. The highest BCUT2D eigenvalue weighted by Gasteiger charge is 2.35. The summed E-state index contributed by atoms with van der Waals surface area (Å²) in [5.74, 6) is 2.42. The number of hydrazone groups is 1. The van der Waals surface area contributed by atoms with Crippen LogP contribution in [0.25, 0.3) is 6.08 Å². The van der Waals surface area contributed by atoms with E-state index in [1.54, 1.807) is 31.4 Å². The van der Waals surface area contributed by atoms with E-state index in [9.17, 15) is 4.79 Å². The number of rotatable bonds is 14. The largest absolute Gasteiger partial charge is 0.493 e. The third-order valence-electron chi connectivity index (χ3n) is 6.39. The van der Waals surface area contributed by atoms with Gasteiger partial charge in [0.2, 0.25) is 5.17 Å². The maximum absolute atomic E-state index is 12.9. The Morgan fingerprint density at radius 1 is 0.932 bits per heavy atom. The maximum atomic E-state index is 12.9. The third kappa shape index (κ3) is 7.30. The lowest BCUT2D eigenvalue weighted by molar-refractivity contribution is -0.114. The van der Waals surface area contributed by atoms with Gasteiger partial charge >= 0.3 is 0 Å². The Balaban J connectivity index is 1.23. The van der Waals surface area contributed by atoms with Crippen LogP contribution in [-0.4, -0.2) is 60.5 Å². The highest BCUT2D eigenvalue weighted by atomic mass is 32.2. The molecule has 0 aromatic heterocycles. The van der Waals surface area contributed by atoms with Gasteiger partial charge in [0.05, 0.1) is 19.3 Å². The molecule has 1 amide bonds. The van der Waals surface area contributed by atoms with Gasteiger partial charge in [-0.2, -0.15) is 15.1 Å². The average molecular weight is 613 g/mol. The summed E-state index contributed by atoms with van der Waals surface area (Å²) in [6.45, 7) is 6.81. The van der Waals surface area contributed by atoms with Gasteiger partial charge in [-0.15, -0.1) is 6.58 Å². The van der Waals surface area contributed by atoms with Crippen molar-refractivity contribution in [2.45, 2.75) is 13.3 Å². The second-order valence-electron chi connectivity index (χ2n) is 9.43. The van der Waals surface area contributed by atoms with E-state index in [0.29, 0.717) is 51.1 Å². The predicted octanol–water partition coefficient (Wildman–Crippen LogP) is 5.98. The van der Waals surface area contributed by atoms with E-state index >= 15 is 0 Å². The summed E-state index contributed by atoms with van der Waals surface area (Å²) in [5.41, 5.74) is 1.84. The van der Waals surface area contributed by atoms with Gasteiger partial charge in [-0.05, 0) is 78.7 Å². The molecule has 0 saturated carbocycles. The van der Waals surface area contributed by atoms with Crippen LogP contribution >= 0.6 is 11.8 Å². The first-order valence-corrected chi connectivity index (χ1v) is 14.8. The zero-order valence-corrected chi connectivity index (χ0v) is 25.3. The number of thioether (sulfide) groups is 1. The number of hydrogen-bond donors (Lipinski definition) is 1. The van der Waals surface area contributed by atoms with Crippen LogP contribution < -0.4 is 23.7 Å². The van der Waals surface area contributed by atoms with Gasteiger partial charge < -0.3 is 23.7 Å². The van der Waals surface area contributed by atoms with Crippen LogP contribution in [-0.2, 0) is 11.2 Å². The SMILES string of the molecule is C=CCc1ccc(OCCOc2ccc(/C=C3/C(=N)N4N=C(COc5ccccc5)SC4=NC3=O)cc2OCC)c(OC)c1. The lowest BCUT2D eigenvalue weighted by atomic mass is 10.1. The summed E-state index contributed by atoms with van der Waals surface area (Å²) < 4.78 is 28.9. The molecule has 0 saturated heterocycles. The van der Waals surface area contributed by atoms with Crippen LogP contribution in [0.5, 0.6) is 28.7 Å². The van der Waals surface area contributed by atoms with Crippen molar-refractivity contribution in [3.63, 3.8) is 0 Å². The monoisotopic (exact) mass is 612 g/mol. The molecule has 5 rings (SSSR count). The number of nitrogens with zero attached hydrogens (tertiary/aromatic N) is 3. The van der Waals surface area contributed by atoms with E-state index < -0.39 is 5.91 Å². The summed E-state index contributed by atoms with van der Waals surface area (Å²) in [6, 6.07) is 20.4. The summed E-state index contributed by atoms with van der Waals surface area (Å²) in [7, 11) is 1.60. The lowest BCUT2D eigenvalue weighted by Crippen LogP contribution is -2.35. The Bertz CT molecular complexity index is 1640. The van der Waals surface area contributed by atoms with Crippen LogP contribution in [0.1, 0.15) is 18.1 Å². The van der Waals surface area contributed by atoms with Crippen LogP contribution in [0.2, 0.25) is 0 Å². The van der Waals surface area contributed by atoms with Gasteiger partial charge in [0, 0.05) is 0 Å². The minimum Gasteiger partial charge on any atom is -0.493 e. The van der Waals surface area contributed by atoms with Crippen molar-refractivity contribution in [1.82, 2.24) is 5.01 Å². The number of amidine groups is 2. The number of amides is 1. The first-order valence-electron chi connectivity index (χ1n) is 14.0. The number of carbonyl (C=O) groups excluding carboxylic acids is 1. The summed E-state index contributed by atoms with van der Waals surface area (Å²) in [6.07, 6.45) is 4.18. The molecule has 2 heterocycles. The van der Waals surface area contributed by atoms with Crippen molar-refractivity contribution >= 4 is 39.8 Å². The van der Waals surface area contributed by atoms with Crippen molar-refractivity contribution in [1.29, 1.82) is 5.41 Å². The van der Waals surface area contributed by atoms with Gasteiger partial charge in [-0.25, -0.2) is 0 Å². The Hall–Kier alpha value is -5.03. The molecule has 3 aromatic rings. The van der Waals surface area contributed by atoms with E-state index in [1.807, 2.05) is 61.5 Å². The Labute approximate surface area is 260 Å². The van der Waals surface area contributed by atoms with Crippen LogP contribution in [0.15, 0.2) is 95.1 Å². The normalized spacial score (nSPS) is 15.0. The van der Waals surface area contributed by atoms with Gasteiger partial charge in [0.15, 0.2) is 28.8 Å². The van der Waals surface area contributed by atoms with Crippen molar-refractivity contribution in [3.05, 3.63) is 96.1 Å². The van der Waals surface area contributed by atoms with E-state index in [4.69, 9.17) is 29.1 Å². The molecule has 3 aromatic carbocycles. The van der Waals surface area contributed by atoms with E-state index in [0.717, 1.165) is 12.0 Å². The van der Waals surface area contributed by atoms with Crippen molar-refractivity contribution in [2.24, 2.45) is 10.1 Å². The Morgan fingerprint density at radius 2 is 1.68 bits per heavy atom. The van der Waals surface area contributed by atoms with Crippen molar-refractivity contribution in [3.8, 4) is 28.7 Å². The fourth-order valence-corrected chi connectivity index (χ4v) is 5.15. The molecule has 2 aliphatic heterocycles. The molecular formula is C33H32N4O6S. The first kappa shape index (κ1) is 30.4. The summed E-state index contributed by atoms with van der Waals surface area (Å²) in [4.78, 5) is 17.1. The molecule has 0 unspecified atom stereocenters. The number of ether oxygens (including phenoxy) is 5. The minimum atomic E-state index is -0.516. The molecule has 0 atom stereocenters. The fourth-order valence-electron chi connectivity index (χ4n) is 4.35. The number of carbonyl (C=O) groups is 1. The number of aliphatic imine (C=N–C) groups is 1. The molecule has 1 N–H and O–H groups in total. The number of nitrogens with one attached hydrogen (secondary N) is 1. The van der Waals surface area contributed by atoms with Gasteiger partial charge in [0.1, 0.15) is 30.6 Å². The second-order valence-corrected chi connectivity index (χ2v) is 10.5. The van der Waals surface area contributed by atoms with Crippen LogP contribution in [0.4, 0.5) is 0 Å². The summed E-state index contributed by atoms with van der Waals surface area (Å²) in [5, 5.41) is 15.4. The third-order valence-corrected chi connectivity index (χ3v) is 7.27. The molecule has 0 radical (unpaired) electrons. The molecule has 44 heavy (non-hydrogen) atoms. The molecule has 0 bridgehead atoms.